The quantitative estimate of drug-likeness (QED) is 0.905. The monoisotopic (exact) mass is 261 g/mol. The molecule has 1 rings (SSSR count). The van der Waals surface area contributed by atoms with Crippen LogP contribution in [0.2, 0.25) is 0 Å². The highest BCUT2D eigenvalue weighted by atomic mass is 19.4. The maximum atomic E-state index is 12.5. The van der Waals surface area contributed by atoms with Gasteiger partial charge in [-0.2, -0.15) is 13.2 Å². The first-order valence-electron chi connectivity index (χ1n) is 5.26. The summed E-state index contributed by atoms with van der Waals surface area (Å²) in [6.07, 6.45) is -4.46. The Morgan fingerprint density at radius 3 is 2.44 bits per heavy atom. The maximum absolute atomic E-state index is 12.5. The van der Waals surface area contributed by atoms with Crippen LogP contribution < -0.4 is 0 Å². The van der Waals surface area contributed by atoms with Gasteiger partial charge in [0.15, 0.2) is 0 Å². The highest BCUT2D eigenvalue weighted by Crippen LogP contribution is 2.31. The fourth-order valence-electron chi connectivity index (χ4n) is 1.62. The minimum absolute atomic E-state index is 0.149. The van der Waals surface area contributed by atoms with Crippen molar-refractivity contribution in [3.63, 3.8) is 0 Å². The molecule has 0 heterocycles. The zero-order valence-corrected chi connectivity index (χ0v) is 10.0. The standard InChI is InChI=1S/C12H14F3NO2/c1-16(2)7-10(11(17)18)8-4-3-5-9(6-8)12(13,14)15/h3-6,10H,7H2,1-2H3,(H,17,18). The van der Waals surface area contributed by atoms with E-state index in [2.05, 4.69) is 0 Å². The number of likely N-dealkylation sites (N-methyl/N-ethyl adjacent to an activating group) is 1. The number of nitrogens with zero attached hydrogens (tertiary/aromatic N) is 1. The summed E-state index contributed by atoms with van der Waals surface area (Å²) < 4.78 is 37.6. The van der Waals surface area contributed by atoms with Crippen LogP contribution >= 0.6 is 0 Å². The molecule has 0 radical (unpaired) electrons. The highest BCUT2D eigenvalue weighted by Gasteiger charge is 2.31. The van der Waals surface area contributed by atoms with Gasteiger partial charge < -0.3 is 10.0 Å². The molecule has 100 valence electrons. The molecule has 0 aromatic heterocycles. The third-order valence-electron chi connectivity index (χ3n) is 2.46. The summed E-state index contributed by atoms with van der Waals surface area (Å²) in [5.74, 6) is -2.11. The van der Waals surface area contributed by atoms with Gasteiger partial charge in [-0.25, -0.2) is 0 Å². The molecular weight excluding hydrogens is 247 g/mol. The second-order valence-electron chi connectivity index (χ2n) is 4.28. The zero-order valence-electron chi connectivity index (χ0n) is 10.0. The Morgan fingerprint density at radius 2 is 2.00 bits per heavy atom. The van der Waals surface area contributed by atoms with Crippen LogP contribution in [0.15, 0.2) is 24.3 Å². The molecule has 1 unspecified atom stereocenters. The van der Waals surface area contributed by atoms with E-state index < -0.39 is 23.6 Å². The lowest BCUT2D eigenvalue weighted by Gasteiger charge is -2.18. The number of alkyl halides is 3. The van der Waals surface area contributed by atoms with Crippen LogP contribution in [0, 0.1) is 0 Å². The molecule has 0 fully saturated rings. The number of hydrogen-bond donors (Lipinski definition) is 1. The predicted octanol–water partition coefficient (Wildman–Crippen LogP) is 2.44. The third-order valence-corrected chi connectivity index (χ3v) is 2.46. The summed E-state index contributed by atoms with van der Waals surface area (Å²) in [5, 5.41) is 9.06. The molecule has 1 aromatic rings. The fraction of sp³-hybridized carbons (Fsp3) is 0.417. The summed E-state index contributed by atoms with van der Waals surface area (Å²) in [6, 6.07) is 4.45. The van der Waals surface area contributed by atoms with E-state index in [-0.39, 0.29) is 12.1 Å². The summed E-state index contributed by atoms with van der Waals surface area (Å²) in [7, 11) is 3.34. The number of rotatable bonds is 4. The van der Waals surface area contributed by atoms with Crippen molar-refractivity contribution >= 4 is 5.97 Å². The fourth-order valence-corrected chi connectivity index (χ4v) is 1.62. The Hall–Kier alpha value is -1.56. The van der Waals surface area contributed by atoms with Crippen molar-refractivity contribution in [2.75, 3.05) is 20.6 Å². The minimum Gasteiger partial charge on any atom is -0.481 e. The normalized spacial score (nSPS) is 13.7. The molecule has 0 spiro atoms. The summed E-state index contributed by atoms with van der Waals surface area (Å²) in [4.78, 5) is 12.7. The number of carboxylic acid groups (broad SMARTS) is 1. The van der Waals surface area contributed by atoms with Crippen molar-refractivity contribution in [1.29, 1.82) is 0 Å². The van der Waals surface area contributed by atoms with E-state index in [1.54, 1.807) is 19.0 Å². The van der Waals surface area contributed by atoms with Gasteiger partial charge in [-0.15, -0.1) is 0 Å². The van der Waals surface area contributed by atoms with Crippen LogP contribution in [0.25, 0.3) is 0 Å². The van der Waals surface area contributed by atoms with Crippen LogP contribution in [0.1, 0.15) is 17.0 Å². The first-order valence-corrected chi connectivity index (χ1v) is 5.26. The molecule has 1 aromatic carbocycles. The van der Waals surface area contributed by atoms with E-state index in [1.165, 1.54) is 12.1 Å². The van der Waals surface area contributed by atoms with Crippen LogP contribution in [-0.2, 0) is 11.0 Å². The van der Waals surface area contributed by atoms with Gasteiger partial charge >= 0.3 is 12.1 Å². The van der Waals surface area contributed by atoms with Gasteiger partial charge in [-0.3, -0.25) is 4.79 Å². The zero-order chi connectivity index (χ0) is 13.9. The van der Waals surface area contributed by atoms with Gasteiger partial charge in [0.2, 0.25) is 0 Å². The highest BCUT2D eigenvalue weighted by molar-refractivity contribution is 5.76. The third kappa shape index (κ3) is 3.73. The van der Waals surface area contributed by atoms with Gasteiger partial charge in [-0.05, 0) is 25.7 Å². The van der Waals surface area contributed by atoms with Gasteiger partial charge in [-0.1, -0.05) is 18.2 Å². The van der Waals surface area contributed by atoms with Crippen molar-refractivity contribution in [2.24, 2.45) is 0 Å². The Balaban J connectivity index is 3.10. The largest absolute Gasteiger partial charge is 0.481 e. The molecule has 1 atom stereocenters. The van der Waals surface area contributed by atoms with E-state index in [0.29, 0.717) is 0 Å². The molecule has 0 aliphatic rings. The van der Waals surface area contributed by atoms with Crippen LogP contribution in [0.4, 0.5) is 13.2 Å². The average molecular weight is 261 g/mol. The van der Waals surface area contributed by atoms with Crippen LogP contribution in [-0.4, -0.2) is 36.6 Å². The van der Waals surface area contributed by atoms with Crippen molar-refractivity contribution in [2.45, 2.75) is 12.1 Å². The second-order valence-corrected chi connectivity index (χ2v) is 4.28. The number of carboxylic acids is 1. The minimum atomic E-state index is -4.46. The lowest BCUT2D eigenvalue weighted by atomic mass is 9.97. The molecule has 0 aliphatic heterocycles. The smallest absolute Gasteiger partial charge is 0.416 e. The van der Waals surface area contributed by atoms with E-state index >= 15 is 0 Å². The summed E-state index contributed by atoms with van der Waals surface area (Å²) in [6.45, 7) is 0.149. The van der Waals surface area contributed by atoms with Crippen molar-refractivity contribution < 1.29 is 23.1 Å². The second kappa shape index (κ2) is 5.39. The average Bonchev–Trinajstić information content (AvgIpc) is 2.24. The molecule has 6 heteroatoms. The lowest BCUT2D eigenvalue weighted by molar-refractivity contribution is -0.140. The predicted molar refractivity (Wildman–Crippen MR) is 60.4 cm³/mol. The molecule has 18 heavy (non-hydrogen) atoms. The number of carbonyl (C=O) groups is 1. The van der Waals surface area contributed by atoms with Gasteiger partial charge in [0.25, 0.3) is 0 Å². The number of halogens is 3. The van der Waals surface area contributed by atoms with Crippen molar-refractivity contribution in [3.8, 4) is 0 Å². The van der Waals surface area contributed by atoms with Crippen LogP contribution in [0.5, 0.6) is 0 Å². The van der Waals surface area contributed by atoms with Crippen LogP contribution in [0.3, 0.4) is 0 Å². The summed E-state index contributed by atoms with van der Waals surface area (Å²) in [5.41, 5.74) is -0.670. The molecule has 0 bridgehead atoms. The molecule has 3 nitrogen and oxygen atoms in total. The molecule has 0 aliphatic carbocycles. The SMILES string of the molecule is CN(C)CC(C(=O)O)c1cccc(C(F)(F)F)c1. The Labute approximate surface area is 103 Å². The first-order chi connectivity index (χ1) is 8.21. The van der Waals surface area contributed by atoms with Crippen molar-refractivity contribution in [1.82, 2.24) is 4.90 Å². The number of aliphatic carboxylic acids is 1. The summed E-state index contributed by atoms with van der Waals surface area (Å²) >= 11 is 0. The lowest BCUT2D eigenvalue weighted by Crippen LogP contribution is -2.26. The molecular formula is C12H14F3NO2. The maximum Gasteiger partial charge on any atom is 0.416 e. The van der Waals surface area contributed by atoms with Gasteiger partial charge in [0, 0.05) is 6.54 Å². The number of hydrogen-bond acceptors (Lipinski definition) is 2. The van der Waals surface area contributed by atoms with Crippen molar-refractivity contribution in [3.05, 3.63) is 35.4 Å². The topological polar surface area (TPSA) is 40.5 Å². The Morgan fingerprint density at radius 1 is 1.39 bits per heavy atom. The van der Waals surface area contributed by atoms with E-state index in [0.717, 1.165) is 12.1 Å². The molecule has 0 saturated carbocycles. The van der Waals surface area contributed by atoms with Gasteiger partial charge in [0.1, 0.15) is 0 Å². The Bertz CT molecular complexity index is 430. The molecule has 0 saturated heterocycles. The van der Waals surface area contributed by atoms with E-state index in [9.17, 15) is 18.0 Å². The Kier molecular flexibility index (Phi) is 4.34. The molecule has 1 N–H and O–H groups in total. The van der Waals surface area contributed by atoms with Gasteiger partial charge in [0.05, 0.1) is 11.5 Å². The van der Waals surface area contributed by atoms with E-state index in [4.69, 9.17) is 5.11 Å². The van der Waals surface area contributed by atoms with E-state index in [1.807, 2.05) is 0 Å². The molecule has 0 amide bonds. The first kappa shape index (κ1) is 14.5. The number of benzene rings is 1.